The van der Waals surface area contributed by atoms with Crippen molar-refractivity contribution in [1.82, 2.24) is 16.0 Å². The van der Waals surface area contributed by atoms with Crippen LogP contribution < -0.4 is 16.0 Å². The summed E-state index contributed by atoms with van der Waals surface area (Å²) in [5.74, 6) is -2.26. The molecule has 0 rings (SSSR count). The van der Waals surface area contributed by atoms with Gasteiger partial charge in [0.05, 0.1) is 0 Å². The molecular weight excluding hydrogens is 422 g/mol. The fourth-order valence-corrected chi connectivity index (χ4v) is 2.21. The standard InChI is InChI=1S/C21H35N3O8/c1-13(8-9-16(26)27)23-17(28)15(24-19(30)32-21(5,6)7)12-14(25)10-11-22-18(29)31-20(2,3)4/h8-9,13,15H,10-12H2,1-7H3,(H,22,29)(H,23,28)(H,24,30)(H,26,27)/b9-8+/t13-,15-/m0/s1. The molecule has 32 heavy (non-hydrogen) atoms. The van der Waals surface area contributed by atoms with Crippen LogP contribution >= 0.6 is 0 Å². The molecule has 0 heterocycles. The number of ether oxygens (including phenoxy) is 2. The highest BCUT2D eigenvalue weighted by molar-refractivity contribution is 5.92. The molecule has 3 amide bonds. The van der Waals surface area contributed by atoms with Crippen molar-refractivity contribution < 1.29 is 38.6 Å². The highest BCUT2D eigenvalue weighted by Crippen LogP contribution is 2.09. The Kier molecular flexibility index (Phi) is 11.4. The Morgan fingerprint density at radius 3 is 1.94 bits per heavy atom. The van der Waals surface area contributed by atoms with Gasteiger partial charge >= 0.3 is 18.2 Å². The Morgan fingerprint density at radius 2 is 1.44 bits per heavy atom. The minimum Gasteiger partial charge on any atom is -0.478 e. The van der Waals surface area contributed by atoms with Gasteiger partial charge in [0.25, 0.3) is 0 Å². The van der Waals surface area contributed by atoms with E-state index in [4.69, 9.17) is 14.6 Å². The van der Waals surface area contributed by atoms with Crippen LogP contribution in [0.15, 0.2) is 12.2 Å². The van der Waals surface area contributed by atoms with Crippen LogP contribution in [0.3, 0.4) is 0 Å². The van der Waals surface area contributed by atoms with Crippen LogP contribution in [0.5, 0.6) is 0 Å². The summed E-state index contributed by atoms with van der Waals surface area (Å²) < 4.78 is 10.2. The summed E-state index contributed by atoms with van der Waals surface area (Å²) in [7, 11) is 0. The van der Waals surface area contributed by atoms with Crippen molar-refractivity contribution in [3.05, 3.63) is 12.2 Å². The van der Waals surface area contributed by atoms with Crippen molar-refractivity contribution >= 4 is 29.8 Å². The molecule has 0 spiro atoms. The molecule has 0 saturated carbocycles. The first-order chi connectivity index (χ1) is 14.5. The van der Waals surface area contributed by atoms with E-state index in [0.29, 0.717) is 0 Å². The molecule has 0 fully saturated rings. The van der Waals surface area contributed by atoms with Crippen molar-refractivity contribution in [2.75, 3.05) is 6.54 Å². The number of aliphatic carboxylic acids is 1. The third kappa shape index (κ3) is 15.7. The zero-order valence-electron chi connectivity index (χ0n) is 19.7. The maximum atomic E-state index is 12.6. The molecule has 0 aliphatic heterocycles. The number of carbonyl (C=O) groups is 5. The molecule has 11 nitrogen and oxygen atoms in total. The molecule has 182 valence electrons. The van der Waals surface area contributed by atoms with Gasteiger partial charge in [-0.25, -0.2) is 14.4 Å². The van der Waals surface area contributed by atoms with E-state index in [1.54, 1.807) is 41.5 Å². The second-order valence-electron chi connectivity index (χ2n) is 9.11. The number of carboxylic acid groups (broad SMARTS) is 1. The number of carbonyl (C=O) groups excluding carboxylic acids is 4. The van der Waals surface area contributed by atoms with Crippen LogP contribution in [0.25, 0.3) is 0 Å². The third-order valence-corrected chi connectivity index (χ3v) is 3.41. The fourth-order valence-electron chi connectivity index (χ4n) is 2.21. The van der Waals surface area contributed by atoms with Gasteiger partial charge in [-0.2, -0.15) is 0 Å². The lowest BCUT2D eigenvalue weighted by Gasteiger charge is -2.24. The Balaban J connectivity index is 5.00. The summed E-state index contributed by atoms with van der Waals surface area (Å²) >= 11 is 0. The Hall–Kier alpha value is -3.11. The Bertz CT molecular complexity index is 720. The van der Waals surface area contributed by atoms with Crippen LogP contribution in [-0.2, 0) is 23.9 Å². The quantitative estimate of drug-likeness (QED) is 0.362. The van der Waals surface area contributed by atoms with Gasteiger partial charge in [0.15, 0.2) is 0 Å². The SMILES string of the molecule is C[C@@H](/C=C/C(=O)O)NC(=O)[C@H](CC(=O)CCNC(=O)OC(C)(C)C)NC(=O)OC(C)(C)C. The lowest BCUT2D eigenvalue weighted by atomic mass is 10.1. The van der Waals surface area contributed by atoms with Gasteiger partial charge in [-0.1, -0.05) is 6.08 Å². The maximum absolute atomic E-state index is 12.6. The number of amides is 3. The summed E-state index contributed by atoms with van der Waals surface area (Å²) in [6, 6.07) is -1.91. The van der Waals surface area contributed by atoms with Crippen molar-refractivity contribution in [3.63, 3.8) is 0 Å². The zero-order valence-corrected chi connectivity index (χ0v) is 19.7. The predicted molar refractivity (Wildman–Crippen MR) is 116 cm³/mol. The van der Waals surface area contributed by atoms with Gasteiger partial charge < -0.3 is 30.5 Å². The second kappa shape index (κ2) is 12.7. The number of Topliss-reactive ketones (excluding diaryl/α,β-unsaturated/α-hetero) is 1. The summed E-state index contributed by atoms with van der Waals surface area (Å²) in [5, 5.41) is 16.0. The van der Waals surface area contributed by atoms with Gasteiger partial charge in [-0.15, -0.1) is 0 Å². The van der Waals surface area contributed by atoms with Crippen LogP contribution in [0.4, 0.5) is 9.59 Å². The number of alkyl carbamates (subject to hydrolysis) is 2. The van der Waals surface area contributed by atoms with Crippen LogP contribution in [-0.4, -0.2) is 64.8 Å². The first kappa shape index (κ1) is 28.9. The summed E-state index contributed by atoms with van der Waals surface area (Å²) in [5.41, 5.74) is -1.50. The highest BCUT2D eigenvalue weighted by Gasteiger charge is 2.27. The lowest BCUT2D eigenvalue weighted by Crippen LogP contribution is -2.50. The molecule has 0 aliphatic rings. The molecule has 2 atom stereocenters. The minimum absolute atomic E-state index is 0.00766. The maximum Gasteiger partial charge on any atom is 0.408 e. The molecule has 0 aromatic heterocycles. The van der Waals surface area contributed by atoms with Crippen LogP contribution in [0.1, 0.15) is 61.3 Å². The van der Waals surface area contributed by atoms with E-state index in [1.807, 2.05) is 0 Å². The predicted octanol–water partition coefficient (Wildman–Crippen LogP) is 1.90. The fraction of sp³-hybridized carbons (Fsp3) is 0.667. The normalized spacial score (nSPS) is 13.6. The largest absolute Gasteiger partial charge is 0.478 e. The van der Waals surface area contributed by atoms with Gasteiger partial charge in [0.1, 0.15) is 23.0 Å². The van der Waals surface area contributed by atoms with Crippen molar-refractivity contribution in [2.45, 2.75) is 84.6 Å². The first-order valence-electron chi connectivity index (χ1n) is 10.2. The van der Waals surface area contributed by atoms with E-state index in [2.05, 4.69) is 16.0 Å². The average molecular weight is 458 g/mol. The number of rotatable bonds is 10. The van der Waals surface area contributed by atoms with Crippen LogP contribution in [0, 0.1) is 0 Å². The van der Waals surface area contributed by atoms with E-state index in [1.165, 1.54) is 13.0 Å². The second-order valence-corrected chi connectivity index (χ2v) is 9.11. The molecule has 0 aromatic carbocycles. The lowest BCUT2D eigenvalue weighted by molar-refractivity contribution is -0.131. The van der Waals surface area contributed by atoms with Crippen molar-refractivity contribution in [2.24, 2.45) is 0 Å². The third-order valence-electron chi connectivity index (χ3n) is 3.41. The molecule has 0 unspecified atom stereocenters. The number of carboxylic acids is 1. The van der Waals surface area contributed by atoms with Crippen molar-refractivity contribution in [1.29, 1.82) is 0 Å². The number of nitrogens with one attached hydrogen (secondary N) is 3. The Labute approximate surface area is 188 Å². The van der Waals surface area contributed by atoms with E-state index in [-0.39, 0.29) is 19.4 Å². The monoisotopic (exact) mass is 457 g/mol. The minimum atomic E-state index is -1.25. The van der Waals surface area contributed by atoms with E-state index in [0.717, 1.165) is 6.08 Å². The van der Waals surface area contributed by atoms with Gasteiger partial charge in [0.2, 0.25) is 5.91 Å². The average Bonchev–Trinajstić information content (AvgIpc) is 2.56. The highest BCUT2D eigenvalue weighted by atomic mass is 16.6. The van der Waals surface area contributed by atoms with E-state index < -0.39 is 53.1 Å². The smallest absolute Gasteiger partial charge is 0.408 e. The van der Waals surface area contributed by atoms with E-state index in [9.17, 15) is 24.0 Å². The summed E-state index contributed by atoms with van der Waals surface area (Å²) in [4.78, 5) is 59.3. The summed E-state index contributed by atoms with van der Waals surface area (Å²) in [6.07, 6.45) is 0.118. The molecule has 0 bridgehead atoms. The number of hydrogen-bond donors (Lipinski definition) is 4. The number of ketones is 1. The van der Waals surface area contributed by atoms with Crippen LogP contribution in [0.2, 0.25) is 0 Å². The zero-order chi connectivity index (χ0) is 25.1. The Morgan fingerprint density at radius 1 is 0.906 bits per heavy atom. The molecule has 0 radical (unpaired) electrons. The molecule has 11 heteroatoms. The van der Waals surface area contributed by atoms with Gasteiger partial charge in [-0.05, 0) is 48.5 Å². The molecule has 4 N–H and O–H groups in total. The molecule has 0 aromatic rings. The van der Waals surface area contributed by atoms with Gasteiger partial charge in [-0.3, -0.25) is 9.59 Å². The first-order valence-corrected chi connectivity index (χ1v) is 10.2. The molecule has 0 saturated heterocycles. The molecule has 0 aliphatic carbocycles. The summed E-state index contributed by atoms with van der Waals surface area (Å²) in [6.45, 7) is 11.6. The van der Waals surface area contributed by atoms with Gasteiger partial charge in [0, 0.05) is 31.5 Å². The topological polar surface area (TPSA) is 160 Å². The number of hydrogen-bond acceptors (Lipinski definition) is 7. The van der Waals surface area contributed by atoms with E-state index >= 15 is 0 Å². The van der Waals surface area contributed by atoms with Crippen molar-refractivity contribution in [3.8, 4) is 0 Å². The molecular formula is C21H35N3O8.